The van der Waals surface area contributed by atoms with E-state index in [4.69, 9.17) is 5.11 Å². The number of anilines is 1. The van der Waals surface area contributed by atoms with Crippen LogP contribution >= 0.6 is 0 Å². The molecule has 7 nitrogen and oxygen atoms in total. The average molecular weight is 308 g/mol. The zero-order valence-corrected chi connectivity index (χ0v) is 11.6. The van der Waals surface area contributed by atoms with Gasteiger partial charge in [0, 0.05) is 17.8 Å². The molecule has 0 fully saturated rings. The highest BCUT2D eigenvalue weighted by molar-refractivity contribution is 7.92. The van der Waals surface area contributed by atoms with Gasteiger partial charge in [0.1, 0.15) is 0 Å². The van der Waals surface area contributed by atoms with Gasteiger partial charge in [0.25, 0.3) is 15.7 Å². The third kappa shape index (κ3) is 3.56. The Labute approximate surface area is 121 Å². The summed E-state index contributed by atoms with van der Waals surface area (Å²) in [7, 11) is -3.81. The van der Waals surface area contributed by atoms with Gasteiger partial charge in [-0.1, -0.05) is 12.1 Å². The van der Waals surface area contributed by atoms with Crippen molar-refractivity contribution in [2.75, 3.05) is 4.72 Å². The molecule has 0 bridgehead atoms. The molecule has 2 N–H and O–H groups in total. The number of nitro groups is 1. The Morgan fingerprint density at radius 2 is 1.62 bits per heavy atom. The predicted molar refractivity (Wildman–Crippen MR) is 76.3 cm³/mol. The molecule has 8 heteroatoms. The first-order valence-corrected chi connectivity index (χ1v) is 7.38. The molecule has 0 aliphatic carbocycles. The number of aliphatic hydroxyl groups is 1. The highest BCUT2D eigenvalue weighted by atomic mass is 32.2. The van der Waals surface area contributed by atoms with E-state index in [0.717, 1.165) is 12.1 Å². The van der Waals surface area contributed by atoms with Gasteiger partial charge in [-0.2, -0.15) is 0 Å². The maximum atomic E-state index is 12.1. The molecule has 0 spiro atoms. The molecule has 0 aliphatic rings. The molecule has 2 rings (SSSR count). The Morgan fingerprint density at radius 3 is 2.10 bits per heavy atom. The number of hydrogen-bond acceptors (Lipinski definition) is 5. The second-order valence-corrected chi connectivity index (χ2v) is 5.89. The Kier molecular flexibility index (Phi) is 4.20. The van der Waals surface area contributed by atoms with E-state index in [9.17, 15) is 18.5 Å². The SMILES string of the molecule is O=[N+]([O-])c1ccc(S(=O)(=O)Nc2ccc(CO)cc2)cc1. The minimum Gasteiger partial charge on any atom is -0.392 e. The Balaban J connectivity index is 2.22. The molecule has 0 atom stereocenters. The van der Waals surface area contributed by atoms with Gasteiger partial charge in [-0.3, -0.25) is 14.8 Å². The van der Waals surface area contributed by atoms with Gasteiger partial charge in [0.05, 0.1) is 16.4 Å². The lowest BCUT2D eigenvalue weighted by Crippen LogP contribution is -2.12. The van der Waals surface area contributed by atoms with Crippen LogP contribution in [0.25, 0.3) is 0 Å². The Morgan fingerprint density at radius 1 is 1.05 bits per heavy atom. The van der Waals surface area contributed by atoms with Crippen molar-refractivity contribution in [1.82, 2.24) is 0 Å². The van der Waals surface area contributed by atoms with Gasteiger partial charge >= 0.3 is 0 Å². The molecule has 2 aromatic rings. The van der Waals surface area contributed by atoms with E-state index in [2.05, 4.69) is 4.72 Å². The molecule has 0 aromatic heterocycles. The van der Waals surface area contributed by atoms with E-state index in [0.29, 0.717) is 11.3 Å². The van der Waals surface area contributed by atoms with Crippen LogP contribution in [0.2, 0.25) is 0 Å². The van der Waals surface area contributed by atoms with Crippen molar-refractivity contribution in [2.24, 2.45) is 0 Å². The first-order valence-electron chi connectivity index (χ1n) is 5.89. The summed E-state index contributed by atoms with van der Waals surface area (Å²) in [5.74, 6) is 0. The highest BCUT2D eigenvalue weighted by Gasteiger charge is 2.15. The second kappa shape index (κ2) is 5.90. The van der Waals surface area contributed by atoms with Gasteiger partial charge < -0.3 is 5.11 Å². The standard InChI is InChI=1S/C13H12N2O5S/c16-9-10-1-3-11(4-2-10)14-21(19,20)13-7-5-12(6-8-13)15(17)18/h1-8,14,16H,9H2. The third-order valence-electron chi connectivity index (χ3n) is 2.75. The summed E-state index contributed by atoms with van der Waals surface area (Å²) in [5.41, 5.74) is 0.820. The first kappa shape index (κ1) is 14.9. The van der Waals surface area contributed by atoms with Crippen LogP contribution in [0.3, 0.4) is 0 Å². The van der Waals surface area contributed by atoms with E-state index in [1.807, 2.05) is 0 Å². The zero-order chi connectivity index (χ0) is 15.5. The van der Waals surface area contributed by atoms with Gasteiger partial charge in [0.15, 0.2) is 0 Å². The topological polar surface area (TPSA) is 110 Å². The molecule has 2 aromatic carbocycles. The van der Waals surface area contributed by atoms with Crippen LogP contribution in [-0.2, 0) is 16.6 Å². The number of nitrogens with one attached hydrogen (secondary N) is 1. The quantitative estimate of drug-likeness (QED) is 0.647. The van der Waals surface area contributed by atoms with Crippen molar-refractivity contribution in [1.29, 1.82) is 0 Å². The van der Waals surface area contributed by atoms with Crippen molar-refractivity contribution in [2.45, 2.75) is 11.5 Å². The first-order chi connectivity index (χ1) is 9.92. The predicted octanol–water partition coefficient (Wildman–Crippen LogP) is 1.89. The summed E-state index contributed by atoms with van der Waals surface area (Å²) in [6, 6.07) is 10.8. The van der Waals surface area contributed by atoms with Gasteiger partial charge in [-0.15, -0.1) is 0 Å². The summed E-state index contributed by atoms with van der Waals surface area (Å²) >= 11 is 0. The van der Waals surface area contributed by atoms with E-state index in [-0.39, 0.29) is 17.2 Å². The van der Waals surface area contributed by atoms with Gasteiger partial charge in [-0.25, -0.2) is 8.42 Å². The van der Waals surface area contributed by atoms with E-state index < -0.39 is 14.9 Å². The zero-order valence-electron chi connectivity index (χ0n) is 10.8. The third-order valence-corrected chi connectivity index (χ3v) is 4.14. The average Bonchev–Trinajstić information content (AvgIpc) is 2.48. The highest BCUT2D eigenvalue weighted by Crippen LogP contribution is 2.19. The summed E-state index contributed by atoms with van der Waals surface area (Å²) in [6.45, 7) is -0.130. The van der Waals surface area contributed by atoms with Crippen LogP contribution in [0.1, 0.15) is 5.56 Å². The number of nitro benzene ring substituents is 1. The minimum atomic E-state index is -3.81. The van der Waals surface area contributed by atoms with Crippen molar-refractivity contribution in [3.05, 3.63) is 64.2 Å². The number of benzene rings is 2. The van der Waals surface area contributed by atoms with Crippen molar-refractivity contribution in [3.8, 4) is 0 Å². The number of sulfonamides is 1. The molecule has 0 saturated carbocycles. The number of hydrogen-bond donors (Lipinski definition) is 2. The van der Waals surface area contributed by atoms with Crippen LogP contribution in [-0.4, -0.2) is 18.4 Å². The lowest BCUT2D eigenvalue weighted by Gasteiger charge is -2.08. The maximum absolute atomic E-state index is 12.1. The molecular formula is C13H12N2O5S. The summed E-state index contributed by atoms with van der Waals surface area (Å²) in [4.78, 5) is 9.86. The molecule has 0 unspecified atom stereocenters. The lowest BCUT2D eigenvalue weighted by atomic mass is 10.2. The van der Waals surface area contributed by atoms with Crippen molar-refractivity contribution < 1.29 is 18.4 Å². The van der Waals surface area contributed by atoms with Gasteiger partial charge in [0.2, 0.25) is 0 Å². The maximum Gasteiger partial charge on any atom is 0.269 e. The molecule has 0 amide bonds. The van der Waals surface area contributed by atoms with Crippen LogP contribution in [0, 0.1) is 10.1 Å². The number of non-ortho nitro benzene ring substituents is 1. The molecule has 0 saturated heterocycles. The fourth-order valence-corrected chi connectivity index (χ4v) is 2.70. The van der Waals surface area contributed by atoms with Crippen molar-refractivity contribution in [3.63, 3.8) is 0 Å². The fourth-order valence-electron chi connectivity index (χ4n) is 1.64. The van der Waals surface area contributed by atoms with Crippen molar-refractivity contribution >= 4 is 21.4 Å². The van der Waals surface area contributed by atoms with E-state index in [1.54, 1.807) is 12.1 Å². The molecular weight excluding hydrogens is 296 g/mol. The van der Waals surface area contributed by atoms with Crippen LogP contribution in [0.5, 0.6) is 0 Å². The summed E-state index contributed by atoms with van der Waals surface area (Å²) in [5, 5.41) is 19.4. The number of aliphatic hydroxyl groups excluding tert-OH is 1. The smallest absolute Gasteiger partial charge is 0.269 e. The van der Waals surface area contributed by atoms with Crippen LogP contribution < -0.4 is 4.72 Å². The Bertz CT molecular complexity index is 739. The molecule has 110 valence electrons. The monoisotopic (exact) mass is 308 g/mol. The number of nitrogens with zero attached hydrogens (tertiary/aromatic N) is 1. The van der Waals surface area contributed by atoms with E-state index >= 15 is 0 Å². The largest absolute Gasteiger partial charge is 0.392 e. The summed E-state index contributed by atoms with van der Waals surface area (Å²) < 4.78 is 26.6. The molecule has 0 radical (unpaired) electrons. The molecule has 21 heavy (non-hydrogen) atoms. The fraction of sp³-hybridized carbons (Fsp3) is 0.0769. The normalized spacial score (nSPS) is 11.1. The van der Waals surface area contributed by atoms with Gasteiger partial charge in [-0.05, 0) is 29.8 Å². The molecule has 0 aliphatic heterocycles. The Hall–Kier alpha value is -2.45. The van der Waals surface area contributed by atoms with Crippen LogP contribution in [0.15, 0.2) is 53.4 Å². The minimum absolute atomic E-state index is 0.0701. The number of rotatable bonds is 5. The second-order valence-electron chi connectivity index (χ2n) is 4.21. The van der Waals surface area contributed by atoms with E-state index in [1.165, 1.54) is 24.3 Å². The lowest BCUT2D eigenvalue weighted by molar-refractivity contribution is -0.384. The van der Waals surface area contributed by atoms with Crippen LogP contribution in [0.4, 0.5) is 11.4 Å². The summed E-state index contributed by atoms with van der Waals surface area (Å²) in [6.07, 6.45) is 0. The molecule has 0 heterocycles.